The van der Waals surface area contributed by atoms with Crippen LogP contribution in [0.25, 0.3) is 0 Å². The van der Waals surface area contributed by atoms with Crippen molar-refractivity contribution in [3.8, 4) is 0 Å². The lowest BCUT2D eigenvalue weighted by Gasteiger charge is -2.20. The Bertz CT molecular complexity index is 576. The topological polar surface area (TPSA) is 72.2 Å². The molecule has 1 aromatic rings. The van der Waals surface area contributed by atoms with Crippen LogP contribution in [-0.4, -0.2) is 14.5 Å². The third-order valence-electron chi connectivity index (χ3n) is 3.42. The number of sulfonamides is 1. The minimum atomic E-state index is -4.12. The summed E-state index contributed by atoms with van der Waals surface area (Å²) in [5.74, 6) is -2.52. The SMILES string of the molecule is CCC(C)C(C)NS(=O)(=O)c1cc(CN)cc(F)c1F. The largest absolute Gasteiger partial charge is 0.326 e. The minimum absolute atomic E-state index is 0.0688. The Morgan fingerprint density at radius 2 is 1.90 bits per heavy atom. The lowest BCUT2D eigenvalue weighted by molar-refractivity contribution is 0.430. The number of halogens is 2. The van der Waals surface area contributed by atoms with E-state index in [4.69, 9.17) is 5.73 Å². The van der Waals surface area contributed by atoms with Gasteiger partial charge >= 0.3 is 0 Å². The fourth-order valence-electron chi connectivity index (χ4n) is 1.71. The van der Waals surface area contributed by atoms with Crippen molar-refractivity contribution in [1.82, 2.24) is 4.72 Å². The van der Waals surface area contributed by atoms with Crippen LogP contribution in [0.15, 0.2) is 17.0 Å². The number of benzene rings is 1. The Labute approximate surface area is 118 Å². The van der Waals surface area contributed by atoms with Gasteiger partial charge in [0.25, 0.3) is 0 Å². The highest BCUT2D eigenvalue weighted by Crippen LogP contribution is 2.21. The molecule has 2 atom stereocenters. The molecule has 1 aromatic carbocycles. The first-order valence-corrected chi connectivity index (χ1v) is 7.91. The highest BCUT2D eigenvalue weighted by molar-refractivity contribution is 7.89. The molecule has 0 saturated heterocycles. The molecule has 0 spiro atoms. The van der Waals surface area contributed by atoms with Gasteiger partial charge in [-0.25, -0.2) is 21.9 Å². The van der Waals surface area contributed by atoms with Crippen LogP contribution in [0.1, 0.15) is 32.8 Å². The van der Waals surface area contributed by atoms with Crippen molar-refractivity contribution in [3.05, 3.63) is 29.3 Å². The lowest BCUT2D eigenvalue weighted by atomic mass is 10.0. The van der Waals surface area contributed by atoms with Gasteiger partial charge in [-0.1, -0.05) is 20.3 Å². The quantitative estimate of drug-likeness (QED) is 0.845. The number of nitrogens with two attached hydrogens (primary N) is 1. The zero-order valence-electron chi connectivity index (χ0n) is 11.8. The Hall–Kier alpha value is -1.05. The number of nitrogens with one attached hydrogen (secondary N) is 1. The van der Waals surface area contributed by atoms with Gasteiger partial charge in [0.2, 0.25) is 10.0 Å². The van der Waals surface area contributed by atoms with E-state index in [2.05, 4.69) is 4.72 Å². The summed E-state index contributed by atoms with van der Waals surface area (Å²) < 4.78 is 53.8. The van der Waals surface area contributed by atoms with Gasteiger partial charge in [-0.2, -0.15) is 0 Å². The molecule has 4 nitrogen and oxygen atoms in total. The molecule has 0 aliphatic carbocycles. The first-order valence-electron chi connectivity index (χ1n) is 6.43. The molecule has 0 aliphatic heterocycles. The molecule has 0 saturated carbocycles. The maximum absolute atomic E-state index is 13.7. The molecule has 0 bridgehead atoms. The van der Waals surface area contributed by atoms with Crippen molar-refractivity contribution in [3.63, 3.8) is 0 Å². The van der Waals surface area contributed by atoms with E-state index in [0.29, 0.717) is 0 Å². The Kier molecular flexibility index (Phi) is 5.61. The maximum Gasteiger partial charge on any atom is 0.243 e. The predicted molar refractivity (Wildman–Crippen MR) is 73.5 cm³/mol. The van der Waals surface area contributed by atoms with E-state index in [1.165, 1.54) is 0 Å². The van der Waals surface area contributed by atoms with E-state index < -0.39 is 26.6 Å². The molecule has 1 rings (SSSR count). The van der Waals surface area contributed by atoms with E-state index in [9.17, 15) is 17.2 Å². The summed E-state index contributed by atoms with van der Waals surface area (Å²) in [6, 6.07) is 1.57. The van der Waals surface area contributed by atoms with Crippen molar-refractivity contribution in [1.29, 1.82) is 0 Å². The van der Waals surface area contributed by atoms with Crippen LogP contribution >= 0.6 is 0 Å². The molecule has 114 valence electrons. The third kappa shape index (κ3) is 3.74. The second kappa shape index (κ2) is 6.60. The highest BCUT2D eigenvalue weighted by Gasteiger charge is 2.25. The molecule has 0 radical (unpaired) electrons. The van der Waals surface area contributed by atoms with E-state index in [1.54, 1.807) is 6.92 Å². The molecule has 0 heterocycles. The van der Waals surface area contributed by atoms with Crippen LogP contribution in [-0.2, 0) is 16.6 Å². The van der Waals surface area contributed by atoms with Gasteiger partial charge in [0.15, 0.2) is 11.6 Å². The predicted octanol–water partition coefficient (Wildman–Crippen LogP) is 2.14. The summed E-state index contributed by atoms with van der Waals surface area (Å²) in [7, 11) is -4.12. The standard InChI is InChI=1S/C13H20F2N2O2S/c1-4-8(2)9(3)17-20(18,19)12-6-10(7-16)5-11(14)13(12)15/h5-6,8-9,17H,4,7,16H2,1-3H3. The second-order valence-electron chi connectivity index (χ2n) is 4.89. The van der Waals surface area contributed by atoms with E-state index >= 15 is 0 Å². The summed E-state index contributed by atoms with van der Waals surface area (Å²) in [6.45, 7) is 5.42. The summed E-state index contributed by atoms with van der Waals surface area (Å²) in [5, 5.41) is 0. The Morgan fingerprint density at radius 1 is 1.30 bits per heavy atom. The van der Waals surface area contributed by atoms with Crippen LogP contribution in [0, 0.1) is 17.6 Å². The van der Waals surface area contributed by atoms with Crippen molar-refractivity contribution < 1.29 is 17.2 Å². The van der Waals surface area contributed by atoms with Crippen molar-refractivity contribution in [2.45, 2.75) is 44.7 Å². The summed E-state index contributed by atoms with van der Waals surface area (Å²) in [6.07, 6.45) is 0.767. The van der Waals surface area contributed by atoms with Gasteiger partial charge in [0.1, 0.15) is 4.90 Å². The maximum atomic E-state index is 13.7. The van der Waals surface area contributed by atoms with Crippen molar-refractivity contribution in [2.24, 2.45) is 11.7 Å². The van der Waals surface area contributed by atoms with Crippen LogP contribution in [0.2, 0.25) is 0 Å². The fraction of sp³-hybridized carbons (Fsp3) is 0.538. The van der Waals surface area contributed by atoms with Crippen LogP contribution in [0.3, 0.4) is 0 Å². The van der Waals surface area contributed by atoms with Gasteiger partial charge in [0.05, 0.1) is 0 Å². The van der Waals surface area contributed by atoms with Gasteiger partial charge in [0, 0.05) is 12.6 Å². The summed E-state index contributed by atoms with van der Waals surface area (Å²) in [5.41, 5.74) is 5.57. The Balaban J connectivity index is 3.19. The summed E-state index contributed by atoms with van der Waals surface area (Å²) >= 11 is 0. The van der Waals surface area contributed by atoms with Gasteiger partial charge in [-0.15, -0.1) is 0 Å². The first kappa shape index (κ1) is 17.0. The molecule has 2 unspecified atom stereocenters. The minimum Gasteiger partial charge on any atom is -0.326 e. The Morgan fingerprint density at radius 3 is 2.40 bits per heavy atom. The zero-order valence-corrected chi connectivity index (χ0v) is 12.6. The highest BCUT2D eigenvalue weighted by atomic mass is 32.2. The van der Waals surface area contributed by atoms with Gasteiger partial charge in [-0.3, -0.25) is 0 Å². The lowest BCUT2D eigenvalue weighted by Crippen LogP contribution is -2.37. The molecule has 3 N–H and O–H groups in total. The van der Waals surface area contributed by atoms with Crippen LogP contribution in [0.4, 0.5) is 8.78 Å². The van der Waals surface area contributed by atoms with Gasteiger partial charge < -0.3 is 5.73 Å². The average Bonchev–Trinajstić information content (AvgIpc) is 2.39. The smallest absolute Gasteiger partial charge is 0.243 e. The molecule has 0 fully saturated rings. The fourth-order valence-corrected chi connectivity index (χ4v) is 3.20. The molecular weight excluding hydrogens is 286 g/mol. The number of hydrogen-bond acceptors (Lipinski definition) is 3. The van der Waals surface area contributed by atoms with Crippen molar-refractivity contribution in [2.75, 3.05) is 0 Å². The normalized spacial score (nSPS) is 15.1. The third-order valence-corrected chi connectivity index (χ3v) is 4.98. The average molecular weight is 306 g/mol. The van der Waals surface area contributed by atoms with E-state index in [0.717, 1.165) is 18.6 Å². The number of rotatable bonds is 6. The molecule has 0 aliphatic rings. The molecule has 7 heteroatoms. The van der Waals surface area contributed by atoms with E-state index in [1.807, 2.05) is 13.8 Å². The molecule has 20 heavy (non-hydrogen) atoms. The monoisotopic (exact) mass is 306 g/mol. The van der Waals surface area contributed by atoms with Gasteiger partial charge in [-0.05, 0) is 30.5 Å². The van der Waals surface area contributed by atoms with E-state index in [-0.39, 0.29) is 24.1 Å². The summed E-state index contributed by atoms with van der Waals surface area (Å²) in [4.78, 5) is -0.701. The van der Waals surface area contributed by atoms with Crippen LogP contribution < -0.4 is 10.5 Å². The second-order valence-corrected chi connectivity index (χ2v) is 6.57. The van der Waals surface area contributed by atoms with Crippen molar-refractivity contribution >= 4 is 10.0 Å². The van der Waals surface area contributed by atoms with Crippen LogP contribution in [0.5, 0.6) is 0 Å². The molecule has 0 amide bonds. The molecular formula is C13H20F2N2O2S. The first-order chi connectivity index (χ1) is 9.22. The molecule has 0 aromatic heterocycles. The zero-order chi connectivity index (χ0) is 15.5. The number of hydrogen-bond donors (Lipinski definition) is 2.